The molecule has 0 saturated heterocycles. The second-order valence-electron chi connectivity index (χ2n) is 6.62. The summed E-state index contributed by atoms with van der Waals surface area (Å²) in [4.78, 5) is 16.3. The van der Waals surface area contributed by atoms with Crippen LogP contribution in [-0.2, 0) is 11.3 Å². The van der Waals surface area contributed by atoms with Gasteiger partial charge in [0, 0.05) is 26.1 Å². The summed E-state index contributed by atoms with van der Waals surface area (Å²) in [5, 5.41) is 19.2. The van der Waals surface area contributed by atoms with E-state index in [0.29, 0.717) is 31.2 Å². The molecule has 0 saturated carbocycles. The van der Waals surface area contributed by atoms with Gasteiger partial charge in [-0.25, -0.2) is 0 Å². The van der Waals surface area contributed by atoms with Gasteiger partial charge in [0.25, 0.3) is 0 Å². The summed E-state index contributed by atoms with van der Waals surface area (Å²) in [5.74, 6) is 0.406. The summed E-state index contributed by atoms with van der Waals surface area (Å²) < 4.78 is 28.7. The molecule has 176 valence electrons. The number of carbonyl (C=O) groups is 1. The van der Waals surface area contributed by atoms with E-state index in [0.717, 1.165) is 5.56 Å². The Bertz CT molecular complexity index is 824. The van der Waals surface area contributed by atoms with Crippen molar-refractivity contribution in [3.63, 3.8) is 0 Å². The second-order valence-corrected chi connectivity index (χ2v) is 6.62. The Morgan fingerprint density at radius 1 is 1.06 bits per heavy atom. The van der Waals surface area contributed by atoms with Crippen LogP contribution in [0.15, 0.2) is 59.6 Å². The lowest BCUT2D eigenvalue weighted by atomic mass is 10.1. The summed E-state index contributed by atoms with van der Waals surface area (Å²) in [6.45, 7) is 0.534. The van der Waals surface area contributed by atoms with Crippen LogP contribution < -0.4 is 20.7 Å². The molecule has 0 heterocycles. The van der Waals surface area contributed by atoms with Crippen LogP contribution in [0.4, 0.5) is 8.78 Å². The molecule has 10 heteroatoms. The number of amides is 1. The molecule has 2 aromatic rings. The molecule has 1 amide bonds. The van der Waals surface area contributed by atoms with Gasteiger partial charge in [-0.15, -0.1) is 24.0 Å². The molecule has 1 unspecified atom stereocenters. The molecule has 4 N–H and O–H groups in total. The van der Waals surface area contributed by atoms with Crippen molar-refractivity contribution in [2.24, 2.45) is 4.99 Å². The first kappa shape index (κ1) is 27.6. The lowest BCUT2D eigenvalue weighted by Crippen LogP contribution is -2.39. The van der Waals surface area contributed by atoms with E-state index in [1.807, 2.05) is 37.3 Å². The van der Waals surface area contributed by atoms with E-state index in [9.17, 15) is 18.7 Å². The zero-order chi connectivity index (χ0) is 22.5. The average Bonchev–Trinajstić information content (AvgIpc) is 2.76. The number of hydrogen-bond acceptors (Lipinski definition) is 4. The normalized spacial score (nSPS) is 12.0. The number of ether oxygens (including phenoxy) is 1. The van der Waals surface area contributed by atoms with E-state index >= 15 is 0 Å². The van der Waals surface area contributed by atoms with Gasteiger partial charge in [0.1, 0.15) is 5.75 Å². The van der Waals surface area contributed by atoms with Crippen LogP contribution in [0.5, 0.6) is 5.75 Å². The van der Waals surface area contributed by atoms with Gasteiger partial charge in [-0.3, -0.25) is 9.79 Å². The minimum atomic E-state index is -2.89. The summed E-state index contributed by atoms with van der Waals surface area (Å²) in [5.41, 5.74) is 1.56. The van der Waals surface area contributed by atoms with Crippen molar-refractivity contribution in [3.8, 4) is 5.75 Å². The first-order chi connectivity index (χ1) is 15.0. The van der Waals surface area contributed by atoms with Crippen molar-refractivity contribution in [1.29, 1.82) is 0 Å². The van der Waals surface area contributed by atoms with Crippen LogP contribution in [0.1, 0.15) is 30.6 Å². The number of guanidine groups is 1. The molecule has 0 fully saturated rings. The van der Waals surface area contributed by atoms with Crippen LogP contribution in [0, 0.1) is 0 Å². The van der Waals surface area contributed by atoms with Gasteiger partial charge in [-0.05, 0) is 30.2 Å². The Balaban J connectivity index is 0.00000512. The Kier molecular flexibility index (Phi) is 13.2. The first-order valence-corrected chi connectivity index (χ1v) is 10.0. The highest BCUT2D eigenvalue weighted by molar-refractivity contribution is 14.0. The molecule has 0 aromatic heterocycles. The monoisotopic (exact) mass is 562 g/mol. The minimum absolute atomic E-state index is 0. The van der Waals surface area contributed by atoms with Crippen LogP contribution in [-0.4, -0.2) is 43.2 Å². The number of aliphatic hydroxyl groups excluding tert-OH is 1. The quantitative estimate of drug-likeness (QED) is 0.192. The molecule has 1 atom stereocenters. The topological polar surface area (TPSA) is 95.0 Å². The Morgan fingerprint density at radius 3 is 2.38 bits per heavy atom. The van der Waals surface area contributed by atoms with Crippen LogP contribution in [0.2, 0.25) is 0 Å². The number of nitrogens with one attached hydrogen (secondary N) is 3. The van der Waals surface area contributed by atoms with Gasteiger partial charge in [0.15, 0.2) is 5.96 Å². The molecule has 32 heavy (non-hydrogen) atoms. The number of nitrogens with zero attached hydrogens (tertiary/aromatic N) is 1. The van der Waals surface area contributed by atoms with Gasteiger partial charge in [0.2, 0.25) is 5.91 Å². The van der Waals surface area contributed by atoms with Crippen LogP contribution >= 0.6 is 24.0 Å². The molecule has 0 spiro atoms. The maximum Gasteiger partial charge on any atom is 0.387 e. The number of carbonyl (C=O) groups excluding carboxylic acids is 1. The van der Waals surface area contributed by atoms with Crippen molar-refractivity contribution in [2.45, 2.75) is 32.6 Å². The van der Waals surface area contributed by atoms with Crippen LogP contribution in [0.3, 0.4) is 0 Å². The predicted molar refractivity (Wildman–Crippen MR) is 130 cm³/mol. The van der Waals surface area contributed by atoms with E-state index < -0.39 is 12.7 Å². The van der Waals surface area contributed by atoms with Crippen molar-refractivity contribution in [1.82, 2.24) is 16.0 Å². The van der Waals surface area contributed by atoms with Gasteiger partial charge >= 0.3 is 6.61 Å². The smallest absolute Gasteiger partial charge is 0.387 e. The number of aliphatic imine (C=N–C) groups is 1. The second kappa shape index (κ2) is 15.4. The highest BCUT2D eigenvalue weighted by atomic mass is 127. The molecular weight excluding hydrogens is 533 g/mol. The third-order valence-corrected chi connectivity index (χ3v) is 4.23. The zero-order valence-electron chi connectivity index (χ0n) is 17.8. The van der Waals surface area contributed by atoms with Crippen molar-refractivity contribution in [2.75, 3.05) is 19.6 Å². The number of rotatable bonds is 11. The van der Waals surface area contributed by atoms with E-state index in [-0.39, 0.29) is 48.6 Å². The molecule has 0 aliphatic heterocycles. The number of aliphatic hydroxyl groups is 1. The van der Waals surface area contributed by atoms with Crippen molar-refractivity contribution >= 4 is 35.8 Å². The van der Waals surface area contributed by atoms with E-state index in [4.69, 9.17) is 0 Å². The van der Waals surface area contributed by atoms with Crippen molar-refractivity contribution in [3.05, 3.63) is 65.7 Å². The zero-order valence-corrected chi connectivity index (χ0v) is 20.1. The summed E-state index contributed by atoms with van der Waals surface area (Å²) in [7, 11) is 0. The number of alkyl halides is 2. The van der Waals surface area contributed by atoms with Gasteiger partial charge in [0.05, 0.1) is 12.6 Å². The fourth-order valence-electron chi connectivity index (χ4n) is 2.68. The van der Waals surface area contributed by atoms with E-state index in [2.05, 4.69) is 25.7 Å². The Labute approximate surface area is 203 Å². The number of hydrogen-bond donors (Lipinski definition) is 4. The van der Waals surface area contributed by atoms with Gasteiger partial charge in [-0.1, -0.05) is 42.5 Å². The largest absolute Gasteiger partial charge is 0.435 e. The predicted octanol–water partition coefficient (Wildman–Crippen LogP) is 3.20. The number of halogens is 3. The van der Waals surface area contributed by atoms with Crippen LogP contribution in [0.25, 0.3) is 0 Å². The van der Waals surface area contributed by atoms with Gasteiger partial charge < -0.3 is 25.8 Å². The number of benzene rings is 2. The third-order valence-electron chi connectivity index (χ3n) is 4.23. The molecule has 2 rings (SSSR count). The maximum atomic E-state index is 12.2. The third kappa shape index (κ3) is 10.7. The van der Waals surface area contributed by atoms with Gasteiger partial charge in [-0.2, -0.15) is 8.78 Å². The standard InChI is InChI=1S/C22H28F2N4O3.HI/c1-2-25-22(26-13-12-20(30)27-14-16-6-4-3-5-7-16)28-15-19(29)17-8-10-18(11-9-17)31-21(23)24;/h3-11,19,21,29H,2,12-15H2,1H3,(H,27,30)(H2,25,26,28);1H. The lowest BCUT2D eigenvalue weighted by Gasteiger charge is -2.14. The van der Waals surface area contributed by atoms with E-state index in [1.54, 1.807) is 0 Å². The molecule has 2 aromatic carbocycles. The molecule has 0 aliphatic rings. The fourth-order valence-corrected chi connectivity index (χ4v) is 2.68. The average molecular weight is 562 g/mol. The highest BCUT2D eigenvalue weighted by Gasteiger charge is 2.10. The Hall–Kier alpha value is -2.47. The highest BCUT2D eigenvalue weighted by Crippen LogP contribution is 2.19. The molecule has 7 nitrogen and oxygen atoms in total. The summed E-state index contributed by atoms with van der Waals surface area (Å²) >= 11 is 0. The van der Waals surface area contributed by atoms with Crippen molar-refractivity contribution < 1.29 is 23.4 Å². The maximum absolute atomic E-state index is 12.2. The summed E-state index contributed by atoms with van der Waals surface area (Å²) in [6.07, 6.45) is -0.643. The first-order valence-electron chi connectivity index (χ1n) is 10.0. The minimum Gasteiger partial charge on any atom is -0.435 e. The summed E-state index contributed by atoms with van der Waals surface area (Å²) in [6, 6.07) is 15.4. The molecule has 0 radical (unpaired) electrons. The Morgan fingerprint density at radius 2 is 1.75 bits per heavy atom. The molecular formula is C22H29F2IN4O3. The molecule has 0 bridgehead atoms. The van der Waals surface area contributed by atoms with E-state index in [1.165, 1.54) is 24.3 Å². The molecule has 0 aliphatic carbocycles. The fraction of sp³-hybridized carbons (Fsp3) is 0.364. The SMILES string of the molecule is CCNC(=NCC(O)c1ccc(OC(F)F)cc1)NCCC(=O)NCc1ccccc1.I. The lowest BCUT2D eigenvalue weighted by molar-refractivity contribution is -0.121.